The number of ether oxygens (including phenoxy) is 2. The zero-order chi connectivity index (χ0) is 16.8. The largest absolute Gasteiger partial charge is 0.497 e. The Labute approximate surface area is 132 Å². The minimum Gasteiger partial charge on any atom is -0.497 e. The van der Waals surface area contributed by atoms with Crippen LogP contribution in [0.1, 0.15) is 5.56 Å². The van der Waals surface area contributed by atoms with Crippen LogP contribution in [0, 0.1) is 11.6 Å². The molecule has 0 aliphatic rings. The summed E-state index contributed by atoms with van der Waals surface area (Å²) in [6.45, 7) is 0. The Morgan fingerprint density at radius 3 is 2.57 bits per heavy atom. The number of methoxy groups -OCH3 is 2. The molecule has 1 amide bonds. The van der Waals surface area contributed by atoms with Crippen molar-refractivity contribution < 1.29 is 23.0 Å². The molecule has 0 unspecified atom stereocenters. The van der Waals surface area contributed by atoms with Crippen molar-refractivity contribution in [2.45, 2.75) is 0 Å². The van der Waals surface area contributed by atoms with E-state index in [0.29, 0.717) is 17.1 Å². The van der Waals surface area contributed by atoms with E-state index in [1.54, 1.807) is 18.2 Å². The van der Waals surface area contributed by atoms with Crippen LogP contribution in [-0.2, 0) is 4.79 Å². The summed E-state index contributed by atoms with van der Waals surface area (Å²) in [6.07, 6.45) is 2.69. The molecule has 120 valence electrons. The van der Waals surface area contributed by atoms with Crippen LogP contribution in [0.5, 0.6) is 11.5 Å². The van der Waals surface area contributed by atoms with Crippen LogP contribution in [-0.4, -0.2) is 20.1 Å². The van der Waals surface area contributed by atoms with E-state index in [0.717, 1.165) is 18.2 Å². The van der Waals surface area contributed by atoms with Crippen LogP contribution in [0.2, 0.25) is 0 Å². The number of carbonyl (C=O) groups is 1. The van der Waals surface area contributed by atoms with E-state index in [1.165, 1.54) is 26.4 Å². The van der Waals surface area contributed by atoms with Gasteiger partial charge in [-0.3, -0.25) is 4.79 Å². The number of amides is 1. The Balaban J connectivity index is 2.16. The van der Waals surface area contributed by atoms with Gasteiger partial charge in [0.1, 0.15) is 23.1 Å². The van der Waals surface area contributed by atoms with Crippen molar-refractivity contribution in [2.75, 3.05) is 19.5 Å². The van der Waals surface area contributed by atoms with E-state index in [4.69, 9.17) is 9.47 Å². The van der Waals surface area contributed by atoms with E-state index >= 15 is 0 Å². The summed E-state index contributed by atoms with van der Waals surface area (Å²) >= 11 is 0. The van der Waals surface area contributed by atoms with Gasteiger partial charge in [0.05, 0.1) is 19.9 Å². The molecule has 6 heteroatoms. The molecule has 0 spiro atoms. The molecule has 2 rings (SSSR count). The molecule has 0 bridgehead atoms. The first kappa shape index (κ1) is 16.5. The topological polar surface area (TPSA) is 47.6 Å². The van der Waals surface area contributed by atoms with Gasteiger partial charge in [-0.15, -0.1) is 0 Å². The van der Waals surface area contributed by atoms with Crippen molar-refractivity contribution in [3.8, 4) is 11.5 Å². The number of anilines is 1. The second kappa shape index (κ2) is 7.40. The van der Waals surface area contributed by atoms with Crippen molar-refractivity contribution in [3.63, 3.8) is 0 Å². The monoisotopic (exact) mass is 319 g/mol. The highest BCUT2D eigenvalue weighted by atomic mass is 19.1. The van der Waals surface area contributed by atoms with Crippen molar-refractivity contribution >= 4 is 17.7 Å². The maximum Gasteiger partial charge on any atom is 0.248 e. The molecule has 2 aromatic carbocycles. The molecular weight excluding hydrogens is 304 g/mol. The lowest BCUT2D eigenvalue weighted by Gasteiger charge is -2.07. The Kier molecular flexibility index (Phi) is 5.30. The molecule has 0 atom stereocenters. The van der Waals surface area contributed by atoms with Crippen LogP contribution < -0.4 is 14.8 Å². The number of nitrogens with one attached hydrogen (secondary N) is 1. The summed E-state index contributed by atoms with van der Waals surface area (Å²) in [5.74, 6) is -0.805. The lowest BCUT2D eigenvalue weighted by atomic mass is 10.1. The molecule has 1 N–H and O–H groups in total. The molecular formula is C17H15F2NO3. The first-order valence-electron chi connectivity index (χ1n) is 6.69. The zero-order valence-corrected chi connectivity index (χ0v) is 12.6. The molecule has 2 aromatic rings. The molecule has 23 heavy (non-hydrogen) atoms. The van der Waals surface area contributed by atoms with Crippen molar-refractivity contribution in [1.29, 1.82) is 0 Å². The third-order valence-electron chi connectivity index (χ3n) is 3.04. The van der Waals surface area contributed by atoms with Gasteiger partial charge in [0.2, 0.25) is 5.91 Å². The van der Waals surface area contributed by atoms with E-state index in [1.807, 2.05) is 0 Å². The predicted molar refractivity (Wildman–Crippen MR) is 83.6 cm³/mol. The van der Waals surface area contributed by atoms with E-state index in [9.17, 15) is 13.6 Å². The maximum absolute atomic E-state index is 13.5. The fourth-order valence-corrected chi connectivity index (χ4v) is 1.90. The maximum atomic E-state index is 13.5. The smallest absolute Gasteiger partial charge is 0.248 e. The summed E-state index contributed by atoms with van der Waals surface area (Å²) in [5, 5.41) is 2.27. The fourth-order valence-electron chi connectivity index (χ4n) is 1.90. The van der Waals surface area contributed by atoms with Crippen molar-refractivity contribution in [2.24, 2.45) is 0 Å². The summed E-state index contributed by atoms with van der Waals surface area (Å²) in [7, 11) is 3.02. The van der Waals surface area contributed by atoms with E-state index < -0.39 is 17.5 Å². The minimum absolute atomic E-state index is 0.225. The third-order valence-corrected chi connectivity index (χ3v) is 3.04. The normalized spacial score (nSPS) is 10.6. The van der Waals surface area contributed by atoms with Gasteiger partial charge in [0.15, 0.2) is 0 Å². The molecule has 0 saturated heterocycles. The second-order valence-corrected chi connectivity index (χ2v) is 4.55. The Bertz CT molecular complexity index is 745. The van der Waals surface area contributed by atoms with Gasteiger partial charge in [-0.25, -0.2) is 8.78 Å². The van der Waals surface area contributed by atoms with Gasteiger partial charge in [-0.05, 0) is 36.4 Å². The number of halogens is 2. The van der Waals surface area contributed by atoms with Crippen LogP contribution in [0.25, 0.3) is 6.08 Å². The molecule has 0 aromatic heterocycles. The summed E-state index contributed by atoms with van der Waals surface area (Å²) in [5.41, 5.74) is 0.388. The lowest BCUT2D eigenvalue weighted by molar-refractivity contribution is -0.111. The highest BCUT2D eigenvalue weighted by molar-refractivity contribution is 6.02. The molecule has 0 aliphatic heterocycles. The Hall–Kier alpha value is -2.89. The molecule has 0 radical (unpaired) electrons. The van der Waals surface area contributed by atoms with Crippen LogP contribution in [0.3, 0.4) is 0 Å². The zero-order valence-electron chi connectivity index (χ0n) is 12.6. The van der Waals surface area contributed by atoms with Gasteiger partial charge in [0.25, 0.3) is 0 Å². The number of hydrogen-bond donors (Lipinski definition) is 1. The van der Waals surface area contributed by atoms with Gasteiger partial charge in [0, 0.05) is 17.7 Å². The van der Waals surface area contributed by atoms with E-state index in [2.05, 4.69) is 5.32 Å². The SMILES string of the molecule is COc1ccc(OC)c(/C=C/C(=O)Nc2cc(F)ccc2F)c1. The fraction of sp³-hybridized carbons (Fsp3) is 0.118. The van der Waals surface area contributed by atoms with Crippen LogP contribution in [0.4, 0.5) is 14.5 Å². The van der Waals surface area contributed by atoms with Crippen LogP contribution in [0.15, 0.2) is 42.5 Å². The number of benzene rings is 2. The van der Waals surface area contributed by atoms with E-state index in [-0.39, 0.29) is 5.69 Å². The van der Waals surface area contributed by atoms with Gasteiger partial charge in [-0.1, -0.05) is 0 Å². The average molecular weight is 319 g/mol. The quantitative estimate of drug-likeness (QED) is 0.856. The van der Waals surface area contributed by atoms with Crippen molar-refractivity contribution in [1.82, 2.24) is 0 Å². The molecule has 0 heterocycles. The molecule has 0 aliphatic carbocycles. The Morgan fingerprint density at radius 2 is 1.87 bits per heavy atom. The van der Waals surface area contributed by atoms with Crippen LogP contribution >= 0.6 is 0 Å². The second-order valence-electron chi connectivity index (χ2n) is 4.55. The average Bonchev–Trinajstić information content (AvgIpc) is 2.56. The molecule has 0 fully saturated rings. The number of carbonyl (C=O) groups excluding carboxylic acids is 1. The molecule has 4 nitrogen and oxygen atoms in total. The van der Waals surface area contributed by atoms with Gasteiger partial charge >= 0.3 is 0 Å². The summed E-state index contributed by atoms with van der Waals surface area (Å²) in [6, 6.07) is 7.93. The summed E-state index contributed by atoms with van der Waals surface area (Å²) < 4.78 is 36.8. The number of rotatable bonds is 5. The first-order valence-corrected chi connectivity index (χ1v) is 6.69. The first-order chi connectivity index (χ1) is 11.0. The van der Waals surface area contributed by atoms with Crippen molar-refractivity contribution in [3.05, 3.63) is 59.7 Å². The molecule has 0 saturated carbocycles. The third kappa shape index (κ3) is 4.29. The highest BCUT2D eigenvalue weighted by Crippen LogP contribution is 2.25. The standard InChI is InChI=1S/C17H15F2NO3/c1-22-13-5-7-16(23-2)11(9-13)3-8-17(21)20-15-10-12(18)4-6-14(15)19/h3-10H,1-2H3,(H,20,21)/b8-3+. The van der Waals surface area contributed by atoms with Gasteiger partial charge < -0.3 is 14.8 Å². The Morgan fingerprint density at radius 1 is 1.09 bits per heavy atom. The minimum atomic E-state index is -0.716. The predicted octanol–water partition coefficient (Wildman–Crippen LogP) is 3.63. The van der Waals surface area contributed by atoms with Gasteiger partial charge in [-0.2, -0.15) is 0 Å². The summed E-state index contributed by atoms with van der Waals surface area (Å²) in [4.78, 5) is 11.8. The number of hydrogen-bond acceptors (Lipinski definition) is 3. The highest BCUT2D eigenvalue weighted by Gasteiger charge is 2.07. The lowest BCUT2D eigenvalue weighted by Crippen LogP contribution is -2.09.